The lowest BCUT2D eigenvalue weighted by Crippen LogP contribution is -2.36. The third-order valence-corrected chi connectivity index (χ3v) is 2.08. The van der Waals surface area contributed by atoms with Crippen LogP contribution in [0.15, 0.2) is 12.8 Å². The summed E-state index contributed by atoms with van der Waals surface area (Å²) in [6.45, 7) is 9.14. The van der Waals surface area contributed by atoms with E-state index >= 15 is 0 Å². The van der Waals surface area contributed by atoms with Crippen LogP contribution in [0.3, 0.4) is 0 Å². The van der Waals surface area contributed by atoms with E-state index in [1.807, 2.05) is 20.8 Å². The largest absolute Gasteiger partial charge is 0.470 e. The zero-order chi connectivity index (χ0) is 10.8. The van der Waals surface area contributed by atoms with Crippen LogP contribution < -0.4 is 0 Å². The summed E-state index contributed by atoms with van der Waals surface area (Å²) in [5.41, 5.74) is 0. The Morgan fingerprint density at radius 2 is 2.07 bits per heavy atom. The summed E-state index contributed by atoms with van der Waals surface area (Å²) in [7, 11) is 1.57. The van der Waals surface area contributed by atoms with Crippen LogP contribution in [-0.2, 0) is 18.9 Å². The molecule has 0 aromatic carbocycles. The van der Waals surface area contributed by atoms with Crippen molar-refractivity contribution in [3.63, 3.8) is 0 Å². The van der Waals surface area contributed by atoms with Gasteiger partial charge in [-0.2, -0.15) is 0 Å². The molecule has 1 fully saturated rings. The van der Waals surface area contributed by atoms with Crippen LogP contribution in [0.5, 0.6) is 0 Å². The Bertz CT molecular complexity index is 202. The van der Waals surface area contributed by atoms with E-state index in [0.717, 1.165) is 0 Å². The van der Waals surface area contributed by atoms with Crippen LogP contribution in [0.25, 0.3) is 0 Å². The highest BCUT2D eigenvalue weighted by atomic mass is 16.8. The maximum absolute atomic E-state index is 5.65. The van der Waals surface area contributed by atoms with Crippen molar-refractivity contribution in [3.8, 4) is 0 Å². The molecule has 2 unspecified atom stereocenters. The summed E-state index contributed by atoms with van der Waals surface area (Å²) < 4.78 is 21.5. The zero-order valence-corrected chi connectivity index (χ0v) is 9.15. The van der Waals surface area contributed by atoms with Crippen LogP contribution >= 0.6 is 0 Å². The molecule has 1 aliphatic rings. The molecule has 1 heterocycles. The van der Waals surface area contributed by atoms with E-state index in [9.17, 15) is 0 Å². The third kappa shape index (κ3) is 2.47. The van der Waals surface area contributed by atoms with Crippen molar-refractivity contribution < 1.29 is 18.9 Å². The van der Waals surface area contributed by atoms with Gasteiger partial charge in [0.2, 0.25) is 6.29 Å². The van der Waals surface area contributed by atoms with Gasteiger partial charge in [-0.25, -0.2) is 0 Å². The van der Waals surface area contributed by atoms with E-state index in [0.29, 0.717) is 0 Å². The Balaban J connectivity index is 2.62. The second-order valence-corrected chi connectivity index (χ2v) is 3.71. The average molecular weight is 202 g/mol. The third-order valence-electron chi connectivity index (χ3n) is 2.08. The lowest BCUT2D eigenvalue weighted by atomic mass is 10.2. The SMILES string of the molecule is C=COC(OC)C1OC(C)(C)O[C@H]1C. The number of rotatable bonds is 4. The van der Waals surface area contributed by atoms with Crippen LogP contribution in [0, 0.1) is 0 Å². The number of ether oxygens (including phenoxy) is 4. The molecule has 0 N–H and O–H groups in total. The molecular weight excluding hydrogens is 184 g/mol. The first-order valence-corrected chi connectivity index (χ1v) is 4.65. The van der Waals surface area contributed by atoms with Crippen molar-refractivity contribution in [3.05, 3.63) is 12.8 Å². The molecule has 1 aliphatic heterocycles. The predicted molar refractivity (Wildman–Crippen MR) is 51.6 cm³/mol. The van der Waals surface area contributed by atoms with Gasteiger partial charge in [-0.1, -0.05) is 6.58 Å². The molecule has 4 heteroatoms. The summed E-state index contributed by atoms with van der Waals surface area (Å²) in [5.74, 6) is -0.578. The molecular formula is C10H18O4. The van der Waals surface area contributed by atoms with E-state index < -0.39 is 12.1 Å². The maximum atomic E-state index is 5.65. The standard InChI is InChI=1S/C10H18O4/c1-6-12-9(11-5)8-7(2)13-10(3,4)14-8/h6-9H,1H2,2-5H3/t7-,8?,9?/m0/s1. The van der Waals surface area contributed by atoms with Crippen LogP contribution in [0.4, 0.5) is 0 Å². The second-order valence-electron chi connectivity index (χ2n) is 3.71. The van der Waals surface area contributed by atoms with Crippen LogP contribution in [-0.4, -0.2) is 31.4 Å². The summed E-state index contributed by atoms with van der Waals surface area (Å²) in [5, 5.41) is 0. The molecule has 0 saturated carbocycles. The van der Waals surface area contributed by atoms with Gasteiger partial charge in [0.1, 0.15) is 6.10 Å². The smallest absolute Gasteiger partial charge is 0.227 e. The first-order chi connectivity index (χ1) is 6.50. The summed E-state index contributed by atoms with van der Waals surface area (Å²) in [6, 6.07) is 0. The van der Waals surface area contributed by atoms with E-state index in [1.165, 1.54) is 6.26 Å². The molecule has 4 nitrogen and oxygen atoms in total. The topological polar surface area (TPSA) is 36.9 Å². The Labute approximate surface area is 84.8 Å². The molecule has 0 aliphatic carbocycles. The van der Waals surface area contributed by atoms with E-state index in [1.54, 1.807) is 7.11 Å². The van der Waals surface area contributed by atoms with Gasteiger partial charge in [-0.05, 0) is 20.8 Å². The molecule has 0 aromatic rings. The first-order valence-electron chi connectivity index (χ1n) is 4.65. The number of methoxy groups -OCH3 is 1. The van der Waals surface area contributed by atoms with E-state index in [2.05, 4.69) is 6.58 Å². The monoisotopic (exact) mass is 202 g/mol. The minimum absolute atomic E-state index is 0.0603. The van der Waals surface area contributed by atoms with Gasteiger partial charge in [0.25, 0.3) is 0 Å². The second kappa shape index (κ2) is 4.29. The fourth-order valence-corrected chi connectivity index (χ4v) is 1.60. The lowest BCUT2D eigenvalue weighted by molar-refractivity contribution is -0.194. The highest BCUT2D eigenvalue weighted by Crippen LogP contribution is 2.30. The average Bonchev–Trinajstić information content (AvgIpc) is 2.35. The van der Waals surface area contributed by atoms with Gasteiger partial charge >= 0.3 is 0 Å². The lowest BCUT2D eigenvalue weighted by Gasteiger charge is -2.23. The molecule has 0 bridgehead atoms. The van der Waals surface area contributed by atoms with Gasteiger partial charge in [-0.15, -0.1) is 0 Å². The Kier molecular flexibility index (Phi) is 3.53. The molecule has 0 amide bonds. The normalized spacial score (nSPS) is 32.6. The van der Waals surface area contributed by atoms with E-state index in [4.69, 9.17) is 18.9 Å². The van der Waals surface area contributed by atoms with Crippen molar-refractivity contribution >= 4 is 0 Å². The van der Waals surface area contributed by atoms with Gasteiger partial charge in [0.05, 0.1) is 12.4 Å². The van der Waals surface area contributed by atoms with Crippen molar-refractivity contribution in [2.75, 3.05) is 7.11 Å². The van der Waals surface area contributed by atoms with Gasteiger partial charge in [0.15, 0.2) is 5.79 Å². The van der Waals surface area contributed by atoms with Gasteiger partial charge in [0, 0.05) is 7.11 Å². The predicted octanol–water partition coefficient (Wildman–Crippen LogP) is 1.66. The van der Waals surface area contributed by atoms with Crippen molar-refractivity contribution in [1.29, 1.82) is 0 Å². The number of hydrogen-bond acceptors (Lipinski definition) is 4. The fourth-order valence-electron chi connectivity index (χ4n) is 1.60. The van der Waals surface area contributed by atoms with Crippen LogP contribution in [0.1, 0.15) is 20.8 Å². The molecule has 14 heavy (non-hydrogen) atoms. The Hall–Kier alpha value is -0.580. The molecule has 0 aromatic heterocycles. The highest BCUT2D eigenvalue weighted by molar-refractivity contribution is 4.81. The molecule has 1 saturated heterocycles. The molecule has 3 atom stereocenters. The van der Waals surface area contributed by atoms with Crippen LogP contribution in [0.2, 0.25) is 0 Å². The maximum Gasteiger partial charge on any atom is 0.227 e. The summed E-state index contributed by atoms with van der Waals surface area (Å²) in [6.07, 6.45) is 0.586. The molecule has 82 valence electrons. The van der Waals surface area contributed by atoms with Crippen molar-refractivity contribution in [1.82, 2.24) is 0 Å². The quantitative estimate of drug-likeness (QED) is 0.513. The summed E-state index contributed by atoms with van der Waals surface area (Å²) in [4.78, 5) is 0. The Morgan fingerprint density at radius 1 is 1.43 bits per heavy atom. The molecule has 1 rings (SSSR count). The Morgan fingerprint density at radius 3 is 2.43 bits per heavy atom. The van der Waals surface area contributed by atoms with E-state index in [-0.39, 0.29) is 12.2 Å². The minimum atomic E-state index is -0.578. The van der Waals surface area contributed by atoms with Gasteiger partial charge < -0.3 is 18.9 Å². The number of hydrogen-bond donors (Lipinski definition) is 0. The zero-order valence-electron chi connectivity index (χ0n) is 9.15. The van der Waals surface area contributed by atoms with Crippen molar-refractivity contribution in [2.24, 2.45) is 0 Å². The first kappa shape index (κ1) is 11.5. The minimum Gasteiger partial charge on any atom is -0.470 e. The summed E-state index contributed by atoms with van der Waals surface area (Å²) >= 11 is 0. The van der Waals surface area contributed by atoms with Crippen molar-refractivity contribution in [2.45, 2.75) is 45.1 Å². The molecule has 0 spiro atoms. The highest BCUT2D eigenvalue weighted by Gasteiger charge is 2.43. The molecule has 0 radical (unpaired) electrons. The fraction of sp³-hybridized carbons (Fsp3) is 0.800. The van der Waals surface area contributed by atoms with Gasteiger partial charge in [-0.3, -0.25) is 0 Å².